The number of hydrogen-bond acceptors (Lipinski definition) is 4. The molecule has 1 heterocycles. The predicted octanol–water partition coefficient (Wildman–Crippen LogP) is 0.319. The molecule has 0 aromatic carbocycles. The van der Waals surface area contributed by atoms with Crippen molar-refractivity contribution in [3.8, 4) is 0 Å². The molecule has 1 aliphatic rings. The number of nitrogens with two attached hydrogens (primary N) is 1. The van der Waals surface area contributed by atoms with E-state index in [4.69, 9.17) is 15.2 Å². The van der Waals surface area contributed by atoms with E-state index in [1.54, 1.807) is 7.11 Å². The van der Waals surface area contributed by atoms with E-state index in [0.29, 0.717) is 6.61 Å². The first-order chi connectivity index (χ1) is 7.12. The van der Waals surface area contributed by atoms with Gasteiger partial charge >= 0.3 is 0 Å². The van der Waals surface area contributed by atoms with Crippen molar-refractivity contribution in [1.82, 2.24) is 4.90 Å². The van der Waals surface area contributed by atoms with Crippen molar-refractivity contribution in [3.63, 3.8) is 0 Å². The normalized spacial score (nSPS) is 31.4. The van der Waals surface area contributed by atoms with Gasteiger partial charge in [0.2, 0.25) is 0 Å². The molecule has 1 rings (SSSR count). The van der Waals surface area contributed by atoms with E-state index in [0.717, 1.165) is 32.8 Å². The summed E-state index contributed by atoms with van der Waals surface area (Å²) in [7, 11) is 1.74. The van der Waals surface area contributed by atoms with E-state index in [1.165, 1.54) is 0 Å². The van der Waals surface area contributed by atoms with Crippen LogP contribution in [-0.2, 0) is 9.47 Å². The van der Waals surface area contributed by atoms with Crippen molar-refractivity contribution in [2.45, 2.75) is 19.9 Å². The van der Waals surface area contributed by atoms with E-state index in [9.17, 15) is 0 Å². The van der Waals surface area contributed by atoms with Crippen LogP contribution in [0.25, 0.3) is 0 Å². The number of nitrogens with zero attached hydrogens (tertiary/aromatic N) is 1. The lowest BCUT2D eigenvalue weighted by atomic mass is 9.85. The second-order valence-electron chi connectivity index (χ2n) is 4.64. The van der Waals surface area contributed by atoms with Crippen molar-refractivity contribution < 1.29 is 9.47 Å². The van der Waals surface area contributed by atoms with Gasteiger partial charge in [0.25, 0.3) is 0 Å². The van der Waals surface area contributed by atoms with Gasteiger partial charge in [0.15, 0.2) is 0 Å². The van der Waals surface area contributed by atoms with Gasteiger partial charge in [-0.15, -0.1) is 0 Å². The smallest absolute Gasteiger partial charge is 0.0624 e. The highest BCUT2D eigenvalue weighted by Crippen LogP contribution is 2.27. The fraction of sp³-hybridized carbons (Fsp3) is 1.00. The van der Waals surface area contributed by atoms with Crippen LogP contribution in [0, 0.1) is 5.41 Å². The number of rotatable bonds is 6. The largest absolute Gasteiger partial charge is 0.383 e. The molecule has 90 valence electrons. The van der Waals surface area contributed by atoms with E-state index in [-0.39, 0.29) is 11.5 Å². The van der Waals surface area contributed by atoms with Crippen molar-refractivity contribution in [2.75, 3.05) is 46.6 Å². The summed E-state index contributed by atoms with van der Waals surface area (Å²) in [6.07, 6.45) is 0. The molecule has 0 bridgehead atoms. The SMILES string of the molecule is CCN(CCOC)CC1(C)COCC1N. The Hall–Kier alpha value is -0.160. The fourth-order valence-corrected chi connectivity index (χ4v) is 1.97. The molecule has 1 aliphatic heterocycles. The molecule has 0 aliphatic carbocycles. The first-order valence-corrected chi connectivity index (χ1v) is 5.67. The summed E-state index contributed by atoms with van der Waals surface area (Å²) in [5, 5.41) is 0. The average Bonchev–Trinajstić information content (AvgIpc) is 2.54. The van der Waals surface area contributed by atoms with Crippen LogP contribution < -0.4 is 5.73 Å². The summed E-state index contributed by atoms with van der Waals surface area (Å²) in [5.74, 6) is 0. The molecule has 0 aromatic rings. The number of hydrogen-bond donors (Lipinski definition) is 1. The van der Waals surface area contributed by atoms with Gasteiger partial charge < -0.3 is 20.1 Å². The summed E-state index contributed by atoms with van der Waals surface area (Å²) < 4.78 is 10.5. The van der Waals surface area contributed by atoms with Crippen molar-refractivity contribution in [2.24, 2.45) is 11.1 Å². The molecule has 0 radical (unpaired) electrons. The van der Waals surface area contributed by atoms with Gasteiger partial charge in [-0.1, -0.05) is 13.8 Å². The number of likely N-dealkylation sites (N-methyl/N-ethyl adjacent to an activating group) is 1. The Labute approximate surface area is 92.7 Å². The zero-order valence-corrected chi connectivity index (χ0v) is 10.2. The minimum atomic E-state index is 0.101. The van der Waals surface area contributed by atoms with Gasteiger partial charge in [0.1, 0.15) is 0 Å². The third-order valence-corrected chi connectivity index (χ3v) is 3.27. The summed E-state index contributed by atoms with van der Waals surface area (Å²) in [4.78, 5) is 2.37. The lowest BCUT2D eigenvalue weighted by Gasteiger charge is -2.33. The van der Waals surface area contributed by atoms with Crippen LogP contribution in [0.2, 0.25) is 0 Å². The fourth-order valence-electron chi connectivity index (χ4n) is 1.97. The van der Waals surface area contributed by atoms with Gasteiger partial charge in [0.05, 0.1) is 19.8 Å². The number of methoxy groups -OCH3 is 1. The Kier molecular flexibility index (Phi) is 4.99. The molecule has 2 unspecified atom stereocenters. The lowest BCUT2D eigenvalue weighted by molar-refractivity contribution is 0.0970. The van der Waals surface area contributed by atoms with Crippen LogP contribution in [0.3, 0.4) is 0 Å². The zero-order chi connectivity index (χ0) is 11.3. The Morgan fingerprint density at radius 1 is 1.60 bits per heavy atom. The molecule has 1 fully saturated rings. The Balaban J connectivity index is 2.42. The molecule has 15 heavy (non-hydrogen) atoms. The van der Waals surface area contributed by atoms with E-state index in [1.807, 2.05) is 0 Å². The highest BCUT2D eigenvalue weighted by molar-refractivity contribution is 4.92. The lowest BCUT2D eigenvalue weighted by Crippen LogP contribution is -2.47. The summed E-state index contributed by atoms with van der Waals surface area (Å²) in [6.45, 7) is 9.62. The van der Waals surface area contributed by atoms with Crippen LogP contribution in [0.1, 0.15) is 13.8 Å². The van der Waals surface area contributed by atoms with Crippen LogP contribution in [0.5, 0.6) is 0 Å². The second-order valence-corrected chi connectivity index (χ2v) is 4.64. The topological polar surface area (TPSA) is 47.7 Å². The van der Waals surface area contributed by atoms with Crippen molar-refractivity contribution in [1.29, 1.82) is 0 Å². The molecule has 4 heteroatoms. The predicted molar refractivity (Wildman–Crippen MR) is 60.9 cm³/mol. The minimum absolute atomic E-state index is 0.101. The first kappa shape index (κ1) is 12.9. The molecule has 1 saturated heterocycles. The van der Waals surface area contributed by atoms with E-state index < -0.39 is 0 Å². The first-order valence-electron chi connectivity index (χ1n) is 5.67. The zero-order valence-electron chi connectivity index (χ0n) is 10.2. The van der Waals surface area contributed by atoms with E-state index in [2.05, 4.69) is 18.7 Å². The Morgan fingerprint density at radius 2 is 2.33 bits per heavy atom. The standard InChI is InChI=1S/C11H24N2O2/c1-4-13(5-6-14-3)8-11(2)9-15-7-10(11)12/h10H,4-9,12H2,1-3H3. The second kappa shape index (κ2) is 5.80. The molecule has 0 amide bonds. The average molecular weight is 216 g/mol. The monoisotopic (exact) mass is 216 g/mol. The molecule has 0 aromatic heterocycles. The Bertz CT molecular complexity index is 189. The molecule has 0 spiro atoms. The number of ether oxygens (including phenoxy) is 2. The Morgan fingerprint density at radius 3 is 2.80 bits per heavy atom. The molecular weight excluding hydrogens is 192 g/mol. The highest BCUT2D eigenvalue weighted by atomic mass is 16.5. The van der Waals surface area contributed by atoms with Gasteiger partial charge in [-0.25, -0.2) is 0 Å². The molecule has 2 N–H and O–H groups in total. The van der Waals surface area contributed by atoms with Gasteiger partial charge in [-0.05, 0) is 6.54 Å². The summed E-state index contributed by atoms with van der Waals surface area (Å²) in [5.41, 5.74) is 6.16. The summed E-state index contributed by atoms with van der Waals surface area (Å²) in [6, 6.07) is 0.161. The van der Waals surface area contributed by atoms with E-state index >= 15 is 0 Å². The quantitative estimate of drug-likeness (QED) is 0.694. The summed E-state index contributed by atoms with van der Waals surface area (Å²) >= 11 is 0. The highest BCUT2D eigenvalue weighted by Gasteiger charge is 2.38. The van der Waals surface area contributed by atoms with Crippen LogP contribution in [0.4, 0.5) is 0 Å². The molecule has 0 saturated carbocycles. The maximum Gasteiger partial charge on any atom is 0.0624 e. The molecule has 4 nitrogen and oxygen atoms in total. The third kappa shape index (κ3) is 3.41. The molecule has 2 atom stereocenters. The van der Waals surface area contributed by atoms with Gasteiger partial charge in [-0.2, -0.15) is 0 Å². The van der Waals surface area contributed by atoms with Crippen LogP contribution >= 0.6 is 0 Å². The van der Waals surface area contributed by atoms with Gasteiger partial charge in [-0.3, -0.25) is 0 Å². The molecular formula is C11H24N2O2. The van der Waals surface area contributed by atoms with Crippen molar-refractivity contribution in [3.05, 3.63) is 0 Å². The van der Waals surface area contributed by atoms with Gasteiger partial charge in [0, 0.05) is 31.7 Å². The minimum Gasteiger partial charge on any atom is -0.383 e. The van der Waals surface area contributed by atoms with Crippen molar-refractivity contribution >= 4 is 0 Å². The van der Waals surface area contributed by atoms with Crippen LogP contribution in [0.15, 0.2) is 0 Å². The van der Waals surface area contributed by atoms with Crippen LogP contribution in [-0.4, -0.2) is 57.5 Å². The maximum atomic E-state index is 6.06. The maximum absolute atomic E-state index is 6.06. The third-order valence-electron chi connectivity index (χ3n) is 3.27.